The van der Waals surface area contributed by atoms with Crippen molar-refractivity contribution in [3.8, 4) is 17.0 Å². The van der Waals surface area contributed by atoms with Crippen molar-refractivity contribution in [2.45, 2.75) is 46.6 Å². The van der Waals surface area contributed by atoms with E-state index in [9.17, 15) is 4.79 Å². The minimum absolute atomic E-state index is 0.146. The maximum atomic E-state index is 13.0. The highest BCUT2D eigenvalue weighted by Crippen LogP contribution is 2.38. The second kappa shape index (κ2) is 9.26. The zero-order valence-electron chi connectivity index (χ0n) is 20.2. The Bertz CT molecular complexity index is 1330. The second-order valence-corrected chi connectivity index (χ2v) is 11.2. The lowest BCUT2D eigenvalue weighted by Gasteiger charge is -2.34. The maximum Gasteiger partial charge on any atom is 0.344 e. The molecule has 0 aliphatic carbocycles. The molecule has 34 heavy (non-hydrogen) atoms. The molecular formula is C28H30BrN3O2. The van der Waals surface area contributed by atoms with Gasteiger partial charge in [-0.25, -0.2) is 9.78 Å². The topological polar surface area (TPSA) is 55.6 Å². The van der Waals surface area contributed by atoms with Crippen LogP contribution >= 0.6 is 15.9 Å². The highest BCUT2D eigenvalue weighted by Gasteiger charge is 2.29. The van der Waals surface area contributed by atoms with Crippen LogP contribution in [0.25, 0.3) is 16.9 Å². The summed E-state index contributed by atoms with van der Waals surface area (Å²) in [6.45, 7) is 11.1. The number of hydrogen-bond donors (Lipinski definition) is 1. The number of hydrogen-bond acceptors (Lipinski definition) is 4. The van der Waals surface area contributed by atoms with Crippen LogP contribution in [0.3, 0.4) is 0 Å². The molecule has 0 unspecified atom stereocenters. The average Bonchev–Trinajstić information content (AvgIpc) is 3.10. The summed E-state index contributed by atoms with van der Waals surface area (Å²) in [5, 5.41) is 3.74. The molecule has 0 radical (unpaired) electrons. The first kappa shape index (κ1) is 24.0. The zero-order valence-corrected chi connectivity index (χ0v) is 21.8. The lowest BCUT2D eigenvalue weighted by atomic mass is 9.82. The molecule has 0 fully saturated rings. The molecule has 2 heterocycles. The van der Waals surface area contributed by atoms with Crippen LogP contribution in [-0.2, 0) is 0 Å². The molecule has 0 amide bonds. The molecule has 5 nitrogen and oxygen atoms in total. The average molecular weight is 520 g/mol. The van der Waals surface area contributed by atoms with Crippen LogP contribution in [0, 0.1) is 5.41 Å². The van der Waals surface area contributed by atoms with Crippen molar-refractivity contribution in [3.05, 3.63) is 83.0 Å². The number of esters is 1. The van der Waals surface area contributed by atoms with Gasteiger partial charge in [-0.3, -0.25) is 4.40 Å². The van der Waals surface area contributed by atoms with Crippen LogP contribution in [0.15, 0.2) is 77.4 Å². The number of ether oxygens (including phenoxy) is 1. The van der Waals surface area contributed by atoms with E-state index in [4.69, 9.17) is 9.72 Å². The number of fused-ring (bicyclic) bond motifs is 1. The molecule has 2 aromatic carbocycles. The van der Waals surface area contributed by atoms with Gasteiger partial charge in [0.15, 0.2) is 0 Å². The van der Waals surface area contributed by atoms with Gasteiger partial charge in [-0.2, -0.15) is 0 Å². The Morgan fingerprint density at radius 2 is 1.65 bits per heavy atom. The van der Waals surface area contributed by atoms with E-state index in [2.05, 4.69) is 55.9 Å². The molecule has 0 aliphatic heterocycles. The number of rotatable bonds is 6. The van der Waals surface area contributed by atoms with E-state index in [0.29, 0.717) is 15.8 Å². The summed E-state index contributed by atoms with van der Waals surface area (Å²) < 4.78 is 8.62. The van der Waals surface area contributed by atoms with Crippen LogP contribution in [0.4, 0.5) is 5.82 Å². The minimum atomic E-state index is -0.425. The fourth-order valence-electron chi connectivity index (χ4n) is 4.53. The highest BCUT2D eigenvalue weighted by molar-refractivity contribution is 9.10. The van der Waals surface area contributed by atoms with E-state index in [1.807, 2.05) is 65.2 Å². The number of halogens is 1. The molecule has 2 aromatic heterocycles. The quantitative estimate of drug-likeness (QED) is 0.210. The standard InChI is InChI=1S/C28H30BrN3O2/c1-27(2,3)18-28(4,5)31-25-24(30-23-16-10-11-17-32(23)25)20-13-7-9-15-22(20)34-26(33)19-12-6-8-14-21(19)29/h6-17,31H,18H2,1-5H3. The van der Waals surface area contributed by atoms with E-state index < -0.39 is 5.97 Å². The van der Waals surface area contributed by atoms with Gasteiger partial charge in [0.25, 0.3) is 0 Å². The Morgan fingerprint density at radius 1 is 0.971 bits per heavy atom. The van der Waals surface area contributed by atoms with E-state index in [-0.39, 0.29) is 11.0 Å². The van der Waals surface area contributed by atoms with Gasteiger partial charge in [-0.1, -0.05) is 51.1 Å². The molecule has 176 valence electrons. The van der Waals surface area contributed by atoms with Crippen LogP contribution in [0.1, 0.15) is 51.4 Å². The summed E-state index contributed by atoms with van der Waals surface area (Å²) >= 11 is 3.44. The number of nitrogens with zero attached hydrogens (tertiary/aromatic N) is 2. The fraction of sp³-hybridized carbons (Fsp3) is 0.286. The molecule has 1 N–H and O–H groups in total. The van der Waals surface area contributed by atoms with Crippen molar-refractivity contribution < 1.29 is 9.53 Å². The van der Waals surface area contributed by atoms with Crippen LogP contribution in [0.5, 0.6) is 5.75 Å². The molecule has 0 bridgehead atoms. The first-order chi connectivity index (χ1) is 16.0. The van der Waals surface area contributed by atoms with Crippen LogP contribution < -0.4 is 10.1 Å². The largest absolute Gasteiger partial charge is 0.422 e. The van der Waals surface area contributed by atoms with Gasteiger partial charge >= 0.3 is 5.97 Å². The van der Waals surface area contributed by atoms with Gasteiger partial charge in [0.1, 0.15) is 22.9 Å². The van der Waals surface area contributed by atoms with E-state index in [1.54, 1.807) is 12.1 Å². The Kier molecular flexibility index (Phi) is 6.54. The van der Waals surface area contributed by atoms with E-state index >= 15 is 0 Å². The highest BCUT2D eigenvalue weighted by atomic mass is 79.9. The smallest absolute Gasteiger partial charge is 0.344 e. The lowest BCUT2D eigenvalue weighted by molar-refractivity contribution is 0.0734. The number of nitrogens with one attached hydrogen (secondary N) is 1. The number of benzene rings is 2. The number of carbonyl (C=O) groups is 1. The molecule has 0 saturated heterocycles. The first-order valence-corrected chi connectivity index (χ1v) is 12.1. The van der Waals surface area contributed by atoms with Crippen LogP contribution in [-0.4, -0.2) is 20.9 Å². The van der Waals surface area contributed by atoms with Gasteiger partial charge in [0.2, 0.25) is 0 Å². The number of aromatic nitrogens is 2. The predicted octanol–water partition coefficient (Wildman–Crippen LogP) is 7.61. The summed E-state index contributed by atoms with van der Waals surface area (Å²) in [5.41, 5.74) is 2.73. The third-order valence-electron chi connectivity index (χ3n) is 5.40. The SMILES string of the molecule is CC(C)(C)CC(C)(C)Nc1c(-c2ccccc2OC(=O)c2ccccc2Br)nc2ccccn12. The number of carbonyl (C=O) groups excluding carboxylic acids is 1. The maximum absolute atomic E-state index is 13.0. The third-order valence-corrected chi connectivity index (χ3v) is 6.09. The van der Waals surface area contributed by atoms with Gasteiger partial charge in [-0.15, -0.1) is 0 Å². The molecule has 4 aromatic rings. The Balaban J connectivity index is 1.78. The summed E-state index contributed by atoms with van der Waals surface area (Å²) in [7, 11) is 0. The molecule has 6 heteroatoms. The number of para-hydroxylation sites is 1. The van der Waals surface area contributed by atoms with Gasteiger partial charge < -0.3 is 10.1 Å². The zero-order chi connectivity index (χ0) is 24.5. The summed E-state index contributed by atoms with van der Waals surface area (Å²) in [5.74, 6) is 0.906. The molecule has 0 spiro atoms. The summed E-state index contributed by atoms with van der Waals surface area (Å²) in [4.78, 5) is 17.9. The van der Waals surface area contributed by atoms with E-state index in [1.165, 1.54) is 0 Å². The Morgan fingerprint density at radius 3 is 2.38 bits per heavy atom. The number of anilines is 1. The van der Waals surface area contributed by atoms with Gasteiger partial charge in [0, 0.05) is 21.8 Å². The predicted molar refractivity (Wildman–Crippen MR) is 142 cm³/mol. The van der Waals surface area contributed by atoms with Crippen molar-refractivity contribution in [2.75, 3.05) is 5.32 Å². The van der Waals surface area contributed by atoms with Crippen molar-refractivity contribution in [2.24, 2.45) is 5.41 Å². The summed E-state index contributed by atoms with van der Waals surface area (Å²) in [6, 6.07) is 20.7. The lowest BCUT2D eigenvalue weighted by Crippen LogP contribution is -2.36. The normalized spacial score (nSPS) is 12.1. The molecule has 0 aliphatic rings. The number of pyridine rings is 1. The van der Waals surface area contributed by atoms with Gasteiger partial charge in [0.05, 0.1) is 5.56 Å². The van der Waals surface area contributed by atoms with E-state index in [0.717, 1.165) is 29.1 Å². The molecular weight excluding hydrogens is 490 g/mol. The second-order valence-electron chi connectivity index (χ2n) is 10.3. The van der Waals surface area contributed by atoms with Crippen molar-refractivity contribution >= 4 is 33.4 Å². The van der Waals surface area contributed by atoms with Crippen molar-refractivity contribution in [1.82, 2.24) is 9.38 Å². The molecule has 4 rings (SSSR count). The van der Waals surface area contributed by atoms with Crippen LogP contribution in [0.2, 0.25) is 0 Å². The fourth-order valence-corrected chi connectivity index (χ4v) is 4.97. The Labute approximate surface area is 209 Å². The number of imidazole rings is 1. The third kappa shape index (κ3) is 5.33. The monoisotopic (exact) mass is 519 g/mol. The van der Waals surface area contributed by atoms with Crippen molar-refractivity contribution in [3.63, 3.8) is 0 Å². The minimum Gasteiger partial charge on any atom is -0.422 e. The molecule has 0 saturated carbocycles. The van der Waals surface area contributed by atoms with Gasteiger partial charge in [-0.05, 0) is 78.0 Å². The van der Waals surface area contributed by atoms with Crippen molar-refractivity contribution in [1.29, 1.82) is 0 Å². The summed E-state index contributed by atoms with van der Waals surface area (Å²) in [6.07, 6.45) is 2.95. The first-order valence-electron chi connectivity index (χ1n) is 11.4. The molecule has 0 atom stereocenters. The Hall–Kier alpha value is -3.12.